The molecular formula is C21H18N2. The van der Waals surface area contributed by atoms with E-state index in [9.17, 15) is 0 Å². The van der Waals surface area contributed by atoms with Crippen molar-refractivity contribution in [1.29, 1.82) is 0 Å². The predicted molar refractivity (Wildman–Crippen MR) is 95.5 cm³/mol. The van der Waals surface area contributed by atoms with Crippen molar-refractivity contribution in [2.75, 3.05) is 0 Å². The summed E-state index contributed by atoms with van der Waals surface area (Å²) >= 11 is 0. The van der Waals surface area contributed by atoms with Gasteiger partial charge in [0.25, 0.3) is 0 Å². The van der Waals surface area contributed by atoms with Crippen LogP contribution in [0.15, 0.2) is 72.8 Å². The molecule has 0 saturated carbocycles. The van der Waals surface area contributed by atoms with Gasteiger partial charge in [-0.2, -0.15) is 0 Å². The molecule has 0 unspecified atom stereocenters. The minimum absolute atomic E-state index is 0.826. The van der Waals surface area contributed by atoms with E-state index in [1.54, 1.807) is 0 Å². The average molecular weight is 298 g/mol. The lowest BCUT2D eigenvalue weighted by Crippen LogP contribution is -1.90. The summed E-state index contributed by atoms with van der Waals surface area (Å²) in [5.41, 5.74) is 4.63. The van der Waals surface area contributed by atoms with E-state index in [4.69, 9.17) is 4.98 Å². The van der Waals surface area contributed by atoms with Gasteiger partial charge in [0, 0.05) is 17.7 Å². The Morgan fingerprint density at radius 1 is 0.826 bits per heavy atom. The lowest BCUT2D eigenvalue weighted by Gasteiger charge is -2.04. The molecule has 4 rings (SSSR count). The first kappa shape index (κ1) is 13.8. The first-order chi connectivity index (χ1) is 11.3. The molecule has 0 radical (unpaired) electrons. The average Bonchev–Trinajstić information content (AvgIpc) is 2.95. The molecule has 1 heterocycles. The van der Waals surface area contributed by atoms with Crippen molar-refractivity contribution in [2.45, 2.75) is 13.3 Å². The van der Waals surface area contributed by atoms with Crippen LogP contribution < -0.4 is 0 Å². The van der Waals surface area contributed by atoms with Gasteiger partial charge < -0.3 is 4.98 Å². The Morgan fingerprint density at radius 2 is 1.57 bits per heavy atom. The third kappa shape index (κ3) is 2.64. The number of aryl methyl sites for hydroxylation is 1. The monoisotopic (exact) mass is 298 g/mol. The summed E-state index contributed by atoms with van der Waals surface area (Å²) in [6.45, 7) is 2.10. The molecule has 0 fully saturated rings. The number of rotatable bonds is 3. The van der Waals surface area contributed by atoms with Crippen molar-refractivity contribution in [3.8, 4) is 11.3 Å². The number of hydrogen-bond donors (Lipinski definition) is 1. The standard InChI is InChI=1S/C21H18N2/c1-15-21(19-13-7-11-17-10-5-6-12-18(17)19)23-20(22-15)14-16-8-3-2-4-9-16/h2-13H,14H2,1H3,(H,22,23). The van der Waals surface area contributed by atoms with Gasteiger partial charge in [0.2, 0.25) is 0 Å². The zero-order valence-electron chi connectivity index (χ0n) is 13.1. The van der Waals surface area contributed by atoms with Gasteiger partial charge in [-0.25, -0.2) is 4.98 Å². The second-order valence-corrected chi connectivity index (χ2v) is 5.85. The maximum atomic E-state index is 4.87. The molecule has 0 saturated heterocycles. The van der Waals surface area contributed by atoms with Crippen molar-refractivity contribution in [1.82, 2.24) is 9.97 Å². The molecule has 112 valence electrons. The van der Waals surface area contributed by atoms with E-state index in [0.29, 0.717) is 0 Å². The first-order valence-corrected chi connectivity index (χ1v) is 7.89. The van der Waals surface area contributed by atoms with E-state index >= 15 is 0 Å². The summed E-state index contributed by atoms with van der Waals surface area (Å²) in [7, 11) is 0. The van der Waals surface area contributed by atoms with Crippen LogP contribution >= 0.6 is 0 Å². The quantitative estimate of drug-likeness (QED) is 0.558. The Labute approximate surface area is 135 Å². The van der Waals surface area contributed by atoms with Gasteiger partial charge in [0.15, 0.2) is 0 Å². The molecule has 2 heteroatoms. The van der Waals surface area contributed by atoms with Crippen molar-refractivity contribution in [3.05, 3.63) is 89.9 Å². The molecule has 0 atom stereocenters. The minimum Gasteiger partial charge on any atom is -0.345 e. The van der Waals surface area contributed by atoms with E-state index in [0.717, 1.165) is 23.6 Å². The smallest absolute Gasteiger partial charge is 0.111 e. The molecule has 1 aromatic heterocycles. The predicted octanol–water partition coefficient (Wildman–Crippen LogP) is 5.13. The molecule has 1 N–H and O–H groups in total. The highest BCUT2D eigenvalue weighted by atomic mass is 14.9. The molecule has 0 amide bonds. The number of aromatic nitrogens is 2. The van der Waals surface area contributed by atoms with Gasteiger partial charge in [-0.3, -0.25) is 0 Å². The number of hydrogen-bond acceptors (Lipinski definition) is 1. The lowest BCUT2D eigenvalue weighted by molar-refractivity contribution is 1.02. The summed E-state index contributed by atoms with van der Waals surface area (Å²) in [6, 6.07) is 25.3. The summed E-state index contributed by atoms with van der Waals surface area (Å²) in [6.07, 6.45) is 0.826. The highest BCUT2D eigenvalue weighted by molar-refractivity contribution is 5.96. The van der Waals surface area contributed by atoms with Crippen LogP contribution in [-0.2, 0) is 6.42 Å². The number of benzene rings is 3. The molecule has 23 heavy (non-hydrogen) atoms. The Bertz CT molecular complexity index is 947. The molecule has 0 bridgehead atoms. The normalized spacial score (nSPS) is 11.0. The van der Waals surface area contributed by atoms with Gasteiger partial charge in [-0.05, 0) is 23.3 Å². The Balaban J connectivity index is 1.77. The molecule has 2 nitrogen and oxygen atoms in total. The number of H-pyrrole nitrogens is 1. The van der Waals surface area contributed by atoms with Gasteiger partial charge >= 0.3 is 0 Å². The second-order valence-electron chi connectivity index (χ2n) is 5.85. The Hall–Kier alpha value is -2.87. The van der Waals surface area contributed by atoms with Crippen molar-refractivity contribution in [3.63, 3.8) is 0 Å². The van der Waals surface area contributed by atoms with Gasteiger partial charge in [0.1, 0.15) is 5.82 Å². The Kier molecular flexibility index (Phi) is 3.43. The van der Waals surface area contributed by atoms with Crippen LogP contribution in [0, 0.1) is 6.92 Å². The van der Waals surface area contributed by atoms with Gasteiger partial charge in [0.05, 0.1) is 5.69 Å². The highest BCUT2D eigenvalue weighted by Gasteiger charge is 2.12. The topological polar surface area (TPSA) is 28.7 Å². The van der Waals surface area contributed by atoms with Crippen molar-refractivity contribution < 1.29 is 0 Å². The zero-order valence-corrected chi connectivity index (χ0v) is 13.1. The van der Waals surface area contributed by atoms with Crippen LogP contribution in [-0.4, -0.2) is 9.97 Å². The number of aromatic amines is 1. The van der Waals surface area contributed by atoms with Crippen LogP contribution in [0.2, 0.25) is 0 Å². The van der Waals surface area contributed by atoms with E-state index in [1.165, 1.54) is 21.9 Å². The molecule has 0 aliphatic rings. The molecule has 3 aromatic carbocycles. The fourth-order valence-corrected chi connectivity index (χ4v) is 3.09. The summed E-state index contributed by atoms with van der Waals surface area (Å²) in [5.74, 6) is 1.01. The zero-order chi connectivity index (χ0) is 15.6. The molecule has 0 aliphatic carbocycles. The first-order valence-electron chi connectivity index (χ1n) is 7.89. The maximum absolute atomic E-state index is 4.87. The number of imidazole rings is 1. The number of nitrogens with zero attached hydrogens (tertiary/aromatic N) is 1. The van der Waals surface area contributed by atoms with Crippen molar-refractivity contribution in [2.24, 2.45) is 0 Å². The fourth-order valence-electron chi connectivity index (χ4n) is 3.09. The van der Waals surface area contributed by atoms with E-state index in [1.807, 2.05) is 6.07 Å². The molecule has 0 aliphatic heterocycles. The van der Waals surface area contributed by atoms with Crippen LogP contribution in [0.5, 0.6) is 0 Å². The van der Waals surface area contributed by atoms with Gasteiger partial charge in [-0.15, -0.1) is 0 Å². The fraction of sp³-hybridized carbons (Fsp3) is 0.0952. The number of nitrogens with one attached hydrogen (secondary N) is 1. The Morgan fingerprint density at radius 3 is 2.43 bits per heavy atom. The maximum Gasteiger partial charge on any atom is 0.111 e. The lowest BCUT2D eigenvalue weighted by atomic mass is 10.0. The van der Waals surface area contributed by atoms with E-state index in [2.05, 4.69) is 78.6 Å². The largest absolute Gasteiger partial charge is 0.345 e. The van der Waals surface area contributed by atoms with Crippen molar-refractivity contribution >= 4 is 10.8 Å². The summed E-state index contributed by atoms with van der Waals surface area (Å²) < 4.78 is 0. The molecule has 4 aromatic rings. The summed E-state index contributed by atoms with van der Waals surface area (Å²) in [5, 5.41) is 2.49. The third-order valence-electron chi connectivity index (χ3n) is 4.19. The van der Waals surface area contributed by atoms with E-state index < -0.39 is 0 Å². The van der Waals surface area contributed by atoms with Crippen LogP contribution in [0.4, 0.5) is 0 Å². The van der Waals surface area contributed by atoms with E-state index in [-0.39, 0.29) is 0 Å². The van der Waals surface area contributed by atoms with Crippen LogP contribution in [0.25, 0.3) is 22.0 Å². The summed E-state index contributed by atoms with van der Waals surface area (Å²) in [4.78, 5) is 8.32. The number of fused-ring (bicyclic) bond motifs is 1. The third-order valence-corrected chi connectivity index (χ3v) is 4.19. The molecule has 0 spiro atoms. The van der Waals surface area contributed by atoms with Gasteiger partial charge in [-0.1, -0.05) is 72.8 Å². The molecular weight excluding hydrogens is 280 g/mol. The second kappa shape index (κ2) is 5.73. The van der Waals surface area contributed by atoms with Crippen LogP contribution in [0.3, 0.4) is 0 Å². The minimum atomic E-state index is 0.826. The SMILES string of the molecule is Cc1[nH]c(Cc2ccccc2)nc1-c1cccc2ccccc12. The van der Waals surface area contributed by atoms with Crippen LogP contribution in [0.1, 0.15) is 17.1 Å². The highest BCUT2D eigenvalue weighted by Crippen LogP contribution is 2.29.